The Kier molecular flexibility index (Phi) is 7.90. The van der Waals surface area contributed by atoms with E-state index >= 15 is 0 Å². The van der Waals surface area contributed by atoms with Crippen molar-refractivity contribution < 1.29 is 52.2 Å². The van der Waals surface area contributed by atoms with Gasteiger partial charge in [-0.05, 0) is 11.6 Å². The van der Waals surface area contributed by atoms with E-state index in [1.807, 2.05) is 0 Å². The minimum Gasteiger partial charge on any atom is -0.443 e. The number of ether oxygens (including phenoxy) is 1. The van der Waals surface area contributed by atoms with Crippen molar-refractivity contribution in [3.8, 4) is 0 Å². The van der Waals surface area contributed by atoms with E-state index in [9.17, 15) is 28.8 Å². The average Bonchev–Trinajstić information content (AvgIpc) is 3.20. The molecule has 2 aromatic heterocycles. The minimum absolute atomic E-state index is 0.0439. The molecule has 1 aliphatic heterocycles. The monoisotopic (exact) mass is 601 g/mol. The van der Waals surface area contributed by atoms with Crippen LogP contribution in [0.1, 0.15) is 6.23 Å². The van der Waals surface area contributed by atoms with Gasteiger partial charge >= 0.3 is 19.0 Å². The highest BCUT2D eigenvalue weighted by atomic mass is 35.5. The van der Waals surface area contributed by atoms with Gasteiger partial charge in [-0.15, -0.1) is 0 Å². The molecule has 0 aromatic carbocycles. The second-order valence-corrected chi connectivity index (χ2v) is 15.3. The largest absolute Gasteiger partial charge is 0.443 e. The smallest absolute Gasteiger partial charge is 0.381 e. The standard InChI is InChI=1S/C11H14BCl3N5O11P3/c12-34(28,31-33(26,27)11(14,15)32(23,24)25)29-1-3-5(21)6(22)9(30-3)20-2-17-4-7(16)18-10(13)19-8(4)20/h2-3,5-6,9,21-22H,1H2,(H,26,27)(H2,16,18,19)(H2,23,24,25)/q-1/t3-,5-,6-,9-,34?/m1/s1. The van der Waals surface area contributed by atoms with Crippen LogP contribution < -0.4 is 5.73 Å². The van der Waals surface area contributed by atoms with Gasteiger partial charge in [0.15, 0.2) is 17.7 Å². The van der Waals surface area contributed by atoms with E-state index in [1.165, 1.54) is 4.57 Å². The molecule has 16 nitrogen and oxygen atoms in total. The molecule has 0 aliphatic carbocycles. The van der Waals surface area contributed by atoms with E-state index in [4.69, 9.17) is 62.6 Å². The number of anilines is 1. The summed E-state index contributed by atoms with van der Waals surface area (Å²) in [5.41, 5.74) is 5.87. The zero-order valence-corrected chi connectivity index (χ0v) is 21.1. The first-order valence-corrected chi connectivity index (χ1v) is 14.5. The fraction of sp³-hybridized carbons (Fsp3) is 0.545. The lowest BCUT2D eigenvalue weighted by atomic mass is 10.1. The van der Waals surface area contributed by atoms with Gasteiger partial charge in [-0.2, -0.15) is 9.97 Å². The van der Waals surface area contributed by atoms with Crippen LogP contribution in [0.2, 0.25) is 5.28 Å². The van der Waals surface area contributed by atoms with Gasteiger partial charge in [0.2, 0.25) is 5.28 Å². The summed E-state index contributed by atoms with van der Waals surface area (Å²) in [5.74, 6) is -0.0683. The maximum atomic E-state index is 12.3. The number of fused-ring (bicyclic) bond motifs is 1. The van der Waals surface area contributed by atoms with Crippen molar-refractivity contribution in [2.24, 2.45) is 0 Å². The number of nitrogens with two attached hydrogens (primary N) is 1. The third-order valence-electron chi connectivity index (χ3n) is 4.37. The molecule has 1 saturated heterocycles. The van der Waals surface area contributed by atoms with Crippen molar-refractivity contribution in [3.63, 3.8) is 0 Å². The molecule has 6 atom stereocenters. The Labute approximate surface area is 205 Å². The van der Waals surface area contributed by atoms with E-state index in [0.29, 0.717) is 0 Å². The summed E-state index contributed by atoms with van der Waals surface area (Å²) in [6.07, 6.45) is -4.94. The number of alkyl halides is 2. The van der Waals surface area contributed by atoms with Gasteiger partial charge in [-0.25, -0.2) is 4.98 Å². The van der Waals surface area contributed by atoms with Gasteiger partial charge < -0.3 is 52.0 Å². The summed E-state index contributed by atoms with van der Waals surface area (Å²) in [4.78, 5) is 39.4. The number of hydrogen-bond acceptors (Lipinski definition) is 12. The Hall–Kier alpha value is -0.345. The van der Waals surface area contributed by atoms with E-state index in [0.717, 1.165) is 6.33 Å². The molecule has 2 aromatic rings. The zero-order valence-electron chi connectivity index (χ0n) is 16.2. The fourth-order valence-electron chi connectivity index (χ4n) is 2.76. The van der Waals surface area contributed by atoms with Crippen molar-refractivity contribution in [3.05, 3.63) is 11.6 Å². The lowest BCUT2D eigenvalue weighted by Gasteiger charge is -2.33. The molecule has 0 spiro atoms. The topological polar surface area (TPSA) is 250 Å². The van der Waals surface area contributed by atoms with Gasteiger partial charge in [0.1, 0.15) is 23.8 Å². The van der Waals surface area contributed by atoms with Crippen molar-refractivity contribution in [2.45, 2.75) is 28.4 Å². The zero-order chi connectivity index (χ0) is 25.9. The number of rotatable bonds is 8. The predicted molar refractivity (Wildman–Crippen MR) is 117 cm³/mol. The minimum atomic E-state index is -5.76. The Morgan fingerprint density at radius 3 is 2.41 bits per heavy atom. The summed E-state index contributed by atoms with van der Waals surface area (Å²) in [6.45, 7) is -0.902. The SMILES string of the molecule is [B-]P(=O)(OC[C@H]1O[C@@H](n2cnc3c(N)nc(Cl)nc32)[C@H](O)[C@@H]1O)OP(=O)(O)C(Cl)(Cl)P(=O)(O)O. The van der Waals surface area contributed by atoms with Crippen LogP contribution in [0.4, 0.5) is 5.82 Å². The van der Waals surface area contributed by atoms with Gasteiger partial charge in [-0.1, -0.05) is 23.2 Å². The van der Waals surface area contributed by atoms with Gasteiger partial charge in [0, 0.05) is 0 Å². The summed E-state index contributed by atoms with van der Waals surface area (Å²) < 4.78 is 47.4. The highest BCUT2D eigenvalue weighted by Crippen LogP contribution is 2.79. The van der Waals surface area contributed by atoms with Crippen molar-refractivity contribution in [1.82, 2.24) is 19.5 Å². The third kappa shape index (κ3) is 5.34. The first-order chi connectivity index (χ1) is 15.4. The highest BCUT2D eigenvalue weighted by molar-refractivity contribution is 7.88. The van der Waals surface area contributed by atoms with Crippen LogP contribution in [0.5, 0.6) is 0 Å². The van der Waals surface area contributed by atoms with E-state index in [-0.39, 0.29) is 22.3 Å². The predicted octanol–water partition coefficient (Wildman–Crippen LogP) is 0.443. The molecule has 34 heavy (non-hydrogen) atoms. The highest BCUT2D eigenvalue weighted by Gasteiger charge is 2.61. The molecular formula is C11H14BCl3N5O11P3-. The van der Waals surface area contributed by atoms with Crippen molar-refractivity contribution in [1.29, 1.82) is 0 Å². The normalized spacial score (nSPS) is 27.6. The molecule has 189 valence electrons. The van der Waals surface area contributed by atoms with Crippen LogP contribution >= 0.6 is 57.5 Å². The number of aliphatic hydroxyl groups is 2. The van der Waals surface area contributed by atoms with Gasteiger partial charge in [0.05, 0.1) is 20.4 Å². The third-order valence-corrected chi connectivity index (χ3v) is 12.4. The maximum Gasteiger partial charge on any atom is 0.381 e. The van der Waals surface area contributed by atoms with Crippen LogP contribution in [0.15, 0.2) is 6.33 Å². The van der Waals surface area contributed by atoms with Crippen LogP contribution in [0.25, 0.3) is 11.2 Å². The molecule has 2 unspecified atom stereocenters. The maximum absolute atomic E-state index is 12.3. The molecule has 0 bridgehead atoms. The lowest BCUT2D eigenvalue weighted by molar-refractivity contribution is -0.0478. The second-order valence-electron chi connectivity index (χ2n) is 6.74. The van der Waals surface area contributed by atoms with Crippen LogP contribution in [-0.4, -0.2) is 80.7 Å². The number of nitrogen functional groups attached to an aromatic ring is 1. The van der Waals surface area contributed by atoms with Crippen molar-refractivity contribution >= 4 is 82.0 Å². The molecule has 3 rings (SSSR count). The van der Waals surface area contributed by atoms with E-state index in [2.05, 4.69) is 23.8 Å². The first-order valence-electron chi connectivity index (χ1n) is 8.56. The molecule has 1 aliphatic rings. The Morgan fingerprint density at radius 1 is 1.21 bits per heavy atom. The molecular weight excluding hydrogens is 588 g/mol. The number of aromatic nitrogens is 4. The van der Waals surface area contributed by atoms with Crippen LogP contribution in [-0.2, 0) is 27.3 Å². The molecule has 3 heterocycles. The number of aliphatic hydroxyl groups excluding tert-OH is 2. The molecule has 3 radical (unpaired) electrons. The Balaban J connectivity index is 1.75. The molecule has 0 saturated carbocycles. The second kappa shape index (κ2) is 9.51. The number of nitrogens with zero attached hydrogens (tertiary/aromatic N) is 4. The summed E-state index contributed by atoms with van der Waals surface area (Å²) >= 11 is 16.2. The Morgan fingerprint density at radius 2 is 1.82 bits per heavy atom. The van der Waals surface area contributed by atoms with E-state index in [1.54, 1.807) is 0 Å². The van der Waals surface area contributed by atoms with Crippen LogP contribution in [0.3, 0.4) is 0 Å². The van der Waals surface area contributed by atoms with Gasteiger partial charge in [-0.3, -0.25) is 18.0 Å². The number of hydrogen-bond donors (Lipinski definition) is 6. The molecule has 0 amide bonds. The molecule has 1 fully saturated rings. The quantitative estimate of drug-likeness (QED) is 0.104. The van der Waals surface area contributed by atoms with Gasteiger partial charge in [0.25, 0.3) is 0 Å². The van der Waals surface area contributed by atoms with Crippen molar-refractivity contribution in [2.75, 3.05) is 12.3 Å². The Bertz CT molecular complexity index is 1250. The summed E-state index contributed by atoms with van der Waals surface area (Å²) in [7, 11) is -11.3. The molecule has 23 heteroatoms. The fourth-order valence-corrected chi connectivity index (χ4v) is 7.31. The lowest BCUT2D eigenvalue weighted by Crippen LogP contribution is -2.33. The summed E-state index contributed by atoms with van der Waals surface area (Å²) in [5, 5.41) is 20.4. The number of imidazole rings is 1. The first kappa shape index (κ1) is 28.2. The average molecular weight is 602 g/mol. The van der Waals surface area contributed by atoms with E-state index < -0.39 is 57.6 Å². The molecule has 7 N–H and O–H groups in total. The van der Waals surface area contributed by atoms with Crippen LogP contribution in [0, 0.1) is 0 Å². The number of halogens is 3. The summed E-state index contributed by atoms with van der Waals surface area (Å²) in [6, 6.07) is 0.